The van der Waals surface area contributed by atoms with Gasteiger partial charge in [-0.05, 0) is 13.8 Å². The lowest BCUT2D eigenvalue weighted by atomic mass is 9.94. The fraction of sp³-hybridized carbons (Fsp3) is 0.364. The van der Waals surface area contributed by atoms with Gasteiger partial charge < -0.3 is 10.4 Å². The number of hydrogen-bond acceptors (Lipinski definition) is 4. The van der Waals surface area contributed by atoms with Crippen LogP contribution in [-0.4, -0.2) is 22.5 Å². The zero-order valence-electron chi connectivity index (χ0n) is 10.2. The number of carboxylic acids is 1. The summed E-state index contributed by atoms with van der Waals surface area (Å²) in [4.78, 5) is 21.0. The van der Waals surface area contributed by atoms with Gasteiger partial charge in [0.1, 0.15) is 11.5 Å². The van der Waals surface area contributed by atoms with Crippen LogP contribution in [-0.2, 0) is 4.79 Å². The molecule has 0 fully saturated rings. The number of hydrogen-bond donors (Lipinski definition) is 2. The molecule has 0 aliphatic rings. The van der Waals surface area contributed by atoms with Gasteiger partial charge in [-0.25, -0.2) is 4.39 Å². The Balaban J connectivity index is 3.04. The van der Waals surface area contributed by atoms with Crippen molar-refractivity contribution in [3.05, 3.63) is 33.1 Å². The molecule has 0 heterocycles. The number of nitro benzene ring substituents is 1. The van der Waals surface area contributed by atoms with Crippen LogP contribution in [0.15, 0.2) is 12.1 Å². The highest BCUT2D eigenvalue weighted by Crippen LogP contribution is 2.31. The second kappa shape index (κ2) is 5.40. The molecule has 0 atom stereocenters. The zero-order chi connectivity index (χ0) is 14.8. The molecular weight excluding hydrogens is 279 g/mol. The summed E-state index contributed by atoms with van der Waals surface area (Å²) in [7, 11) is 0. The lowest BCUT2D eigenvalue weighted by Crippen LogP contribution is -2.31. The molecule has 0 saturated heterocycles. The molecule has 0 unspecified atom stereocenters. The first-order valence-electron chi connectivity index (χ1n) is 5.26. The Bertz CT molecular complexity index is 534. The van der Waals surface area contributed by atoms with Crippen LogP contribution in [0.5, 0.6) is 0 Å². The third-order valence-corrected chi connectivity index (χ3v) is 2.82. The quantitative estimate of drug-likeness (QED) is 0.642. The molecule has 1 aromatic carbocycles. The average molecular weight is 291 g/mol. The van der Waals surface area contributed by atoms with Crippen LogP contribution in [0.2, 0.25) is 5.02 Å². The molecule has 19 heavy (non-hydrogen) atoms. The van der Waals surface area contributed by atoms with E-state index in [-0.39, 0.29) is 17.3 Å². The first-order chi connectivity index (χ1) is 8.65. The molecule has 1 aromatic rings. The van der Waals surface area contributed by atoms with Gasteiger partial charge in [0, 0.05) is 18.7 Å². The molecule has 0 saturated carbocycles. The van der Waals surface area contributed by atoms with E-state index in [4.69, 9.17) is 16.7 Å². The number of carboxylic acid groups (broad SMARTS) is 1. The molecule has 2 N–H and O–H groups in total. The Hall–Kier alpha value is -1.89. The van der Waals surface area contributed by atoms with Crippen molar-refractivity contribution in [2.45, 2.75) is 13.8 Å². The summed E-state index contributed by atoms with van der Waals surface area (Å²) < 4.78 is 13.3. The number of rotatable bonds is 5. The lowest BCUT2D eigenvalue weighted by Gasteiger charge is -2.20. The van der Waals surface area contributed by atoms with Crippen LogP contribution in [0.25, 0.3) is 0 Å². The van der Waals surface area contributed by atoms with Crippen molar-refractivity contribution in [1.82, 2.24) is 0 Å². The first-order valence-corrected chi connectivity index (χ1v) is 5.63. The summed E-state index contributed by atoms with van der Waals surface area (Å²) in [5, 5.41) is 21.9. The number of anilines is 1. The number of nitrogens with one attached hydrogen (secondary N) is 1. The van der Waals surface area contributed by atoms with Crippen molar-refractivity contribution in [2.24, 2.45) is 5.41 Å². The van der Waals surface area contributed by atoms with Gasteiger partial charge in [-0.15, -0.1) is 0 Å². The minimum Gasteiger partial charge on any atom is -0.481 e. The molecule has 8 heteroatoms. The molecule has 104 valence electrons. The van der Waals surface area contributed by atoms with Gasteiger partial charge in [0.15, 0.2) is 0 Å². The van der Waals surface area contributed by atoms with Crippen LogP contribution in [0.1, 0.15) is 13.8 Å². The SMILES string of the molecule is CC(C)(CNc1cc(F)c(Cl)cc1[N+](=O)[O-])C(=O)O. The minimum absolute atomic E-state index is 0.0930. The number of nitro groups is 1. The maximum absolute atomic E-state index is 13.3. The van der Waals surface area contributed by atoms with Crippen molar-refractivity contribution >= 4 is 28.9 Å². The second-order valence-corrected chi connectivity index (χ2v) is 4.99. The average Bonchev–Trinajstić information content (AvgIpc) is 2.29. The van der Waals surface area contributed by atoms with Gasteiger partial charge in [-0.3, -0.25) is 14.9 Å². The number of benzene rings is 1. The molecule has 6 nitrogen and oxygen atoms in total. The van der Waals surface area contributed by atoms with Crippen molar-refractivity contribution in [3.63, 3.8) is 0 Å². The second-order valence-electron chi connectivity index (χ2n) is 4.58. The Morgan fingerprint density at radius 2 is 2.16 bits per heavy atom. The van der Waals surface area contributed by atoms with Crippen molar-refractivity contribution in [1.29, 1.82) is 0 Å². The predicted molar refractivity (Wildman–Crippen MR) is 68.0 cm³/mol. The summed E-state index contributed by atoms with van der Waals surface area (Å²) >= 11 is 5.47. The fourth-order valence-corrected chi connectivity index (χ4v) is 1.38. The smallest absolute Gasteiger partial charge is 0.310 e. The number of aliphatic carboxylic acids is 1. The van der Waals surface area contributed by atoms with E-state index in [0.29, 0.717) is 0 Å². The Morgan fingerprint density at radius 3 is 2.63 bits per heavy atom. The predicted octanol–water partition coefficient (Wildman–Crippen LogP) is 2.91. The first kappa shape index (κ1) is 15.2. The molecule has 0 spiro atoms. The van der Waals surface area contributed by atoms with Crippen LogP contribution in [0, 0.1) is 21.3 Å². The highest BCUT2D eigenvalue weighted by molar-refractivity contribution is 6.31. The van der Waals surface area contributed by atoms with E-state index in [0.717, 1.165) is 12.1 Å². The van der Waals surface area contributed by atoms with Crippen LogP contribution in [0.3, 0.4) is 0 Å². The van der Waals surface area contributed by atoms with Crippen molar-refractivity contribution in [2.75, 3.05) is 11.9 Å². The maximum atomic E-state index is 13.3. The molecule has 0 bridgehead atoms. The van der Waals surface area contributed by atoms with Crippen molar-refractivity contribution < 1.29 is 19.2 Å². The molecule has 0 aliphatic carbocycles. The van der Waals surface area contributed by atoms with Crippen LogP contribution in [0.4, 0.5) is 15.8 Å². The monoisotopic (exact) mass is 290 g/mol. The lowest BCUT2D eigenvalue weighted by molar-refractivity contribution is -0.384. The van der Waals surface area contributed by atoms with Crippen LogP contribution >= 0.6 is 11.6 Å². The Kier molecular flexibility index (Phi) is 4.31. The third kappa shape index (κ3) is 3.54. The van der Waals surface area contributed by atoms with Crippen molar-refractivity contribution in [3.8, 4) is 0 Å². The normalized spacial score (nSPS) is 11.2. The number of carbonyl (C=O) groups is 1. The highest BCUT2D eigenvalue weighted by Gasteiger charge is 2.28. The summed E-state index contributed by atoms with van der Waals surface area (Å²) in [6.07, 6.45) is 0. The summed E-state index contributed by atoms with van der Waals surface area (Å²) in [6.45, 7) is 2.80. The van der Waals surface area contributed by atoms with E-state index in [1.807, 2.05) is 0 Å². The summed E-state index contributed by atoms with van der Waals surface area (Å²) in [5.41, 5.74) is -1.67. The Labute approximate surface area is 113 Å². The molecular formula is C11H12ClFN2O4. The van der Waals surface area contributed by atoms with Gasteiger partial charge in [-0.2, -0.15) is 0 Å². The van der Waals surface area contributed by atoms with Gasteiger partial charge in [0.05, 0.1) is 15.4 Å². The van der Waals surface area contributed by atoms with E-state index >= 15 is 0 Å². The zero-order valence-corrected chi connectivity index (χ0v) is 11.0. The maximum Gasteiger partial charge on any atom is 0.310 e. The molecule has 1 rings (SSSR count). The van der Waals surface area contributed by atoms with E-state index in [2.05, 4.69) is 5.32 Å². The minimum atomic E-state index is -1.15. The van der Waals surface area contributed by atoms with E-state index in [9.17, 15) is 19.3 Å². The number of nitrogens with zero attached hydrogens (tertiary/aromatic N) is 1. The summed E-state index contributed by atoms with van der Waals surface area (Å²) in [6, 6.07) is 1.76. The number of halogens is 2. The van der Waals surface area contributed by atoms with E-state index < -0.39 is 27.8 Å². The topological polar surface area (TPSA) is 92.5 Å². The Morgan fingerprint density at radius 1 is 1.58 bits per heavy atom. The summed E-state index contributed by atoms with van der Waals surface area (Å²) in [5.74, 6) is -1.89. The molecule has 0 aromatic heterocycles. The standard InChI is InChI=1S/C11H12ClFN2O4/c1-11(2,10(16)17)5-14-8-4-7(13)6(12)3-9(8)15(18)19/h3-4,14H,5H2,1-2H3,(H,16,17). The van der Waals surface area contributed by atoms with Crippen LogP contribution < -0.4 is 5.32 Å². The largest absolute Gasteiger partial charge is 0.481 e. The molecule has 0 radical (unpaired) electrons. The molecule has 0 aliphatic heterocycles. The van der Waals surface area contributed by atoms with E-state index in [1.54, 1.807) is 0 Å². The highest BCUT2D eigenvalue weighted by atomic mass is 35.5. The van der Waals surface area contributed by atoms with Gasteiger partial charge in [-0.1, -0.05) is 11.6 Å². The van der Waals surface area contributed by atoms with Gasteiger partial charge >= 0.3 is 5.97 Å². The van der Waals surface area contributed by atoms with E-state index in [1.165, 1.54) is 13.8 Å². The third-order valence-electron chi connectivity index (χ3n) is 2.54. The molecule has 0 amide bonds. The van der Waals surface area contributed by atoms with Gasteiger partial charge in [0.2, 0.25) is 0 Å². The fourth-order valence-electron chi connectivity index (χ4n) is 1.22. The van der Waals surface area contributed by atoms with Gasteiger partial charge in [0.25, 0.3) is 5.69 Å².